The summed E-state index contributed by atoms with van der Waals surface area (Å²) < 4.78 is 2.19. The number of rotatable bonds is 4. The molecule has 0 fully saturated rings. The van der Waals surface area contributed by atoms with Crippen LogP contribution in [0.25, 0.3) is 5.52 Å². The van der Waals surface area contributed by atoms with Crippen molar-refractivity contribution in [2.45, 2.75) is 33.7 Å². The van der Waals surface area contributed by atoms with Gasteiger partial charge in [-0.3, -0.25) is 0 Å². The molecule has 0 aliphatic rings. The summed E-state index contributed by atoms with van der Waals surface area (Å²) in [5, 5.41) is 3.34. The number of aromatic nitrogens is 2. The Kier molecular flexibility index (Phi) is 3.25. The molecule has 3 heteroatoms. The molecule has 0 bridgehead atoms. The van der Waals surface area contributed by atoms with Gasteiger partial charge in [-0.1, -0.05) is 13.8 Å². The second-order valence-corrected chi connectivity index (χ2v) is 4.07. The number of hydrogen-bond acceptors (Lipinski definition) is 2. The van der Waals surface area contributed by atoms with Gasteiger partial charge in [-0.2, -0.15) is 0 Å². The van der Waals surface area contributed by atoms with Gasteiger partial charge in [0.15, 0.2) is 0 Å². The van der Waals surface area contributed by atoms with E-state index in [9.17, 15) is 0 Å². The van der Waals surface area contributed by atoms with Crippen LogP contribution in [-0.4, -0.2) is 15.9 Å². The maximum absolute atomic E-state index is 4.69. The van der Waals surface area contributed by atoms with E-state index in [1.165, 1.54) is 11.1 Å². The monoisotopic (exact) mass is 217 g/mol. The van der Waals surface area contributed by atoms with Crippen LogP contribution in [0.1, 0.15) is 30.9 Å². The van der Waals surface area contributed by atoms with Gasteiger partial charge in [-0.15, -0.1) is 0 Å². The molecule has 0 spiro atoms. The van der Waals surface area contributed by atoms with Gasteiger partial charge in [0.25, 0.3) is 0 Å². The van der Waals surface area contributed by atoms with Gasteiger partial charge in [0.1, 0.15) is 5.82 Å². The largest absolute Gasteiger partial charge is 0.311 e. The molecule has 0 amide bonds. The smallest absolute Gasteiger partial charge is 0.113 e. The van der Waals surface area contributed by atoms with Crippen molar-refractivity contribution in [2.75, 3.05) is 6.54 Å². The van der Waals surface area contributed by atoms with Crippen LogP contribution in [0.3, 0.4) is 0 Å². The van der Waals surface area contributed by atoms with Gasteiger partial charge in [0.05, 0.1) is 11.2 Å². The van der Waals surface area contributed by atoms with Crippen molar-refractivity contribution < 1.29 is 0 Å². The lowest BCUT2D eigenvalue weighted by molar-refractivity contribution is 0.715. The molecule has 2 aromatic rings. The number of pyridine rings is 1. The Morgan fingerprint density at radius 2 is 2.19 bits per heavy atom. The predicted octanol–water partition coefficient (Wildman–Crippen LogP) is 2.31. The molecule has 0 aliphatic carbocycles. The van der Waals surface area contributed by atoms with Crippen molar-refractivity contribution in [3.63, 3.8) is 0 Å². The average Bonchev–Trinajstić information content (AvgIpc) is 2.64. The summed E-state index contributed by atoms with van der Waals surface area (Å²) in [7, 11) is 0. The van der Waals surface area contributed by atoms with Crippen LogP contribution in [0.2, 0.25) is 0 Å². The minimum atomic E-state index is 0.851. The molecule has 0 aromatic carbocycles. The number of nitrogens with one attached hydrogen (secondary N) is 1. The summed E-state index contributed by atoms with van der Waals surface area (Å²) in [6, 6.07) is 4.34. The first-order valence-electron chi connectivity index (χ1n) is 5.93. The van der Waals surface area contributed by atoms with E-state index >= 15 is 0 Å². The molecule has 1 N–H and O–H groups in total. The lowest BCUT2D eigenvalue weighted by atomic mass is 10.2. The van der Waals surface area contributed by atoms with Gasteiger partial charge >= 0.3 is 0 Å². The van der Waals surface area contributed by atoms with E-state index in [-0.39, 0.29) is 0 Å². The second-order valence-electron chi connectivity index (χ2n) is 4.07. The highest BCUT2D eigenvalue weighted by Gasteiger charge is 2.08. The first kappa shape index (κ1) is 11.1. The third-order valence-corrected chi connectivity index (χ3v) is 2.81. The lowest BCUT2D eigenvalue weighted by Gasteiger charge is -2.01. The number of imidazole rings is 1. The molecule has 2 heterocycles. The first-order chi connectivity index (χ1) is 7.76. The topological polar surface area (TPSA) is 29.3 Å². The maximum Gasteiger partial charge on any atom is 0.113 e. The first-order valence-corrected chi connectivity index (χ1v) is 5.93. The van der Waals surface area contributed by atoms with Crippen LogP contribution in [0.15, 0.2) is 18.3 Å². The van der Waals surface area contributed by atoms with Crippen LogP contribution in [0, 0.1) is 6.92 Å². The van der Waals surface area contributed by atoms with Crippen molar-refractivity contribution in [1.29, 1.82) is 0 Å². The Bertz CT molecular complexity index is 485. The van der Waals surface area contributed by atoms with Crippen molar-refractivity contribution in [2.24, 2.45) is 0 Å². The fraction of sp³-hybridized carbons (Fsp3) is 0.462. The quantitative estimate of drug-likeness (QED) is 0.851. The fourth-order valence-corrected chi connectivity index (χ4v) is 1.94. The van der Waals surface area contributed by atoms with Crippen LogP contribution in [-0.2, 0) is 13.0 Å². The molecule has 2 aromatic heterocycles. The molecule has 3 nitrogen and oxygen atoms in total. The number of nitrogens with zero attached hydrogens (tertiary/aromatic N) is 2. The number of aryl methyl sites for hydroxylation is 2. The SMILES string of the molecule is CCNCc1nc(CC)n2ccc(C)cc12. The molecule has 16 heavy (non-hydrogen) atoms. The van der Waals surface area contributed by atoms with Crippen molar-refractivity contribution >= 4 is 5.52 Å². The Hall–Kier alpha value is -1.35. The lowest BCUT2D eigenvalue weighted by Crippen LogP contribution is -2.12. The van der Waals surface area contributed by atoms with E-state index in [0.29, 0.717) is 0 Å². The highest BCUT2D eigenvalue weighted by Crippen LogP contribution is 2.15. The van der Waals surface area contributed by atoms with E-state index in [1.54, 1.807) is 0 Å². The van der Waals surface area contributed by atoms with Crippen LogP contribution in [0.5, 0.6) is 0 Å². The highest BCUT2D eigenvalue weighted by molar-refractivity contribution is 5.55. The molecule has 0 aliphatic heterocycles. The summed E-state index contributed by atoms with van der Waals surface area (Å²) in [5.74, 6) is 1.14. The van der Waals surface area contributed by atoms with Crippen LogP contribution >= 0.6 is 0 Å². The summed E-state index contributed by atoms with van der Waals surface area (Å²) in [6.45, 7) is 8.21. The Balaban J connectivity index is 2.50. The molecule has 0 radical (unpaired) electrons. The molecule has 86 valence electrons. The van der Waals surface area contributed by atoms with Gasteiger partial charge in [-0.25, -0.2) is 4.98 Å². The Labute approximate surface area is 96.5 Å². The zero-order valence-corrected chi connectivity index (χ0v) is 10.2. The van der Waals surface area contributed by atoms with E-state index in [1.807, 2.05) is 0 Å². The van der Waals surface area contributed by atoms with Gasteiger partial charge in [-0.05, 0) is 31.2 Å². The van der Waals surface area contributed by atoms with Crippen molar-refractivity contribution in [1.82, 2.24) is 14.7 Å². The minimum absolute atomic E-state index is 0.851. The van der Waals surface area contributed by atoms with E-state index in [4.69, 9.17) is 0 Å². The van der Waals surface area contributed by atoms with Gasteiger partial charge in [0, 0.05) is 19.2 Å². The fourth-order valence-electron chi connectivity index (χ4n) is 1.94. The molecule has 0 atom stereocenters. The number of fused-ring (bicyclic) bond motifs is 1. The zero-order valence-electron chi connectivity index (χ0n) is 10.2. The highest BCUT2D eigenvalue weighted by atomic mass is 15.0. The van der Waals surface area contributed by atoms with E-state index in [2.05, 4.69) is 53.8 Å². The minimum Gasteiger partial charge on any atom is -0.311 e. The Morgan fingerprint density at radius 3 is 2.88 bits per heavy atom. The molecule has 0 saturated heterocycles. The molecular formula is C13H19N3. The number of hydrogen-bond donors (Lipinski definition) is 1. The molecule has 2 rings (SSSR count). The molecule has 0 unspecified atom stereocenters. The third kappa shape index (κ3) is 1.95. The Morgan fingerprint density at radius 1 is 1.38 bits per heavy atom. The summed E-state index contributed by atoms with van der Waals surface area (Å²) in [5.41, 5.74) is 3.67. The van der Waals surface area contributed by atoms with Crippen LogP contribution < -0.4 is 5.32 Å². The van der Waals surface area contributed by atoms with E-state index in [0.717, 1.165) is 31.0 Å². The van der Waals surface area contributed by atoms with Crippen LogP contribution in [0.4, 0.5) is 0 Å². The third-order valence-electron chi connectivity index (χ3n) is 2.81. The zero-order chi connectivity index (χ0) is 11.5. The van der Waals surface area contributed by atoms with Crippen molar-refractivity contribution in [3.8, 4) is 0 Å². The summed E-state index contributed by atoms with van der Waals surface area (Å²) >= 11 is 0. The normalized spacial score (nSPS) is 11.2. The molecular weight excluding hydrogens is 198 g/mol. The predicted molar refractivity (Wildman–Crippen MR) is 66.7 cm³/mol. The van der Waals surface area contributed by atoms with Gasteiger partial charge < -0.3 is 9.72 Å². The second kappa shape index (κ2) is 4.66. The maximum atomic E-state index is 4.69. The summed E-state index contributed by atoms with van der Waals surface area (Å²) in [6.07, 6.45) is 3.09. The van der Waals surface area contributed by atoms with Crippen molar-refractivity contribution in [3.05, 3.63) is 35.4 Å². The summed E-state index contributed by atoms with van der Waals surface area (Å²) in [4.78, 5) is 4.69. The molecule has 0 saturated carbocycles. The average molecular weight is 217 g/mol. The van der Waals surface area contributed by atoms with E-state index < -0.39 is 0 Å². The standard InChI is InChI=1S/C13H19N3/c1-4-13-15-11(9-14-5-2)12-8-10(3)6-7-16(12)13/h6-8,14H,4-5,9H2,1-3H3. The van der Waals surface area contributed by atoms with Gasteiger partial charge in [0.2, 0.25) is 0 Å².